The van der Waals surface area contributed by atoms with Crippen LogP contribution < -0.4 is 15.5 Å². The Hall–Kier alpha value is -2.51. The number of aryl methyl sites for hydroxylation is 1. The highest BCUT2D eigenvalue weighted by molar-refractivity contribution is 9.10. The third-order valence-corrected chi connectivity index (χ3v) is 6.29. The van der Waals surface area contributed by atoms with Crippen LogP contribution in [0.4, 0.5) is 11.4 Å². The smallest absolute Gasteiger partial charge is 0.250 e. The molecule has 136 valence electrons. The van der Waals surface area contributed by atoms with Crippen molar-refractivity contribution in [3.8, 4) is 0 Å². The SMILES string of the molecule is Cc1ccc(N2C(=O)[C@H]3CN[C@]4(C(=O)Nc5ccc(Br)cc54)[C@@H]3C2=O)cc1. The Morgan fingerprint density at radius 3 is 2.56 bits per heavy atom. The van der Waals surface area contributed by atoms with Crippen LogP contribution in [0, 0.1) is 18.8 Å². The van der Waals surface area contributed by atoms with Crippen LogP contribution >= 0.6 is 15.9 Å². The van der Waals surface area contributed by atoms with Gasteiger partial charge in [0, 0.05) is 22.3 Å². The van der Waals surface area contributed by atoms with Crippen molar-refractivity contribution in [1.29, 1.82) is 0 Å². The average molecular weight is 426 g/mol. The van der Waals surface area contributed by atoms with Gasteiger partial charge in [-0.2, -0.15) is 0 Å². The summed E-state index contributed by atoms with van der Waals surface area (Å²) in [4.78, 5) is 40.6. The molecule has 7 heteroatoms. The predicted octanol–water partition coefficient (Wildman–Crippen LogP) is 2.31. The fourth-order valence-corrected chi connectivity index (χ4v) is 4.89. The fourth-order valence-electron chi connectivity index (χ4n) is 4.53. The number of carbonyl (C=O) groups excluding carboxylic acids is 3. The fraction of sp³-hybridized carbons (Fsp3) is 0.250. The van der Waals surface area contributed by atoms with Gasteiger partial charge in [-0.05, 0) is 37.3 Å². The van der Waals surface area contributed by atoms with E-state index in [1.165, 1.54) is 4.90 Å². The maximum atomic E-state index is 13.4. The van der Waals surface area contributed by atoms with Crippen molar-refractivity contribution in [2.75, 3.05) is 16.8 Å². The Kier molecular flexibility index (Phi) is 3.39. The molecular formula is C20H16BrN3O3. The zero-order valence-electron chi connectivity index (χ0n) is 14.5. The molecule has 3 aliphatic rings. The lowest BCUT2D eigenvalue weighted by molar-refractivity contribution is -0.130. The molecule has 6 nitrogen and oxygen atoms in total. The van der Waals surface area contributed by atoms with Crippen LogP contribution in [-0.4, -0.2) is 24.3 Å². The molecule has 5 rings (SSSR count). The van der Waals surface area contributed by atoms with Crippen molar-refractivity contribution < 1.29 is 14.4 Å². The predicted molar refractivity (Wildman–Crippen MR) is 103 cm³/mol. The molecule has 1 spiro atoms. The summed E-state index contributed by atoms with van der Waals surface area (Å²) in [6.45, 7) is 2.24. The van der Waals surface area contributed by atoms with Gasteiger partial charge >= 0.3 is 0 Å². The molecule has 2 fully saturated rings. The molecule has 0 aromatic heterocycles. The van der Waals surface area contributed by atoms with Crippen LogP contribution in [0.5, 0.6) is 0 Å². The molecule has 3 heterocycles. The number of nitrogens with zero attached hydrogens (tertiary/aromatic N) is 1. The van der Waals surface area contributed by atoms with Crippen molar-refractivity contribution in [3.63, 3.8) is 0 Å². The standard InChI is InChI=1S/C20H16BrN3O3/c1-10-2-5-12(6-3-10)24-17(25)13-9-22-20(16(13)18(24)26)14-8-11(21)4-7-15(14)23-19(20)27/h2-8,13,16,22H,9H2,1H3,(H,23,27)/t13-,16-,20-/m0/s1. The zero-order valence-corrected chi connectivity index (χ0v) is 16.0. The third kappa shape index (κ3) is 2.06. The van der Waals surface area contributed by atoms with Crippen molar-refractivity contribution in [3.05, 3.63) is 58.1 Å². The molecule has 3 aliphatic heterocycles. The molecule has 3 amide bonds. The first kappa shape index (κ1) is 16.6. The molecule has 2 aromatic carbocycles. The maximum Gasteiger partial charge on any atom is 0.250 e. The van der Waals surface area contributed by atoms with Crippen molar-refractivity contribution in [2.45, 2.75) is 12.5 Å². The van der Waals surface area contributed by atoms with Crippen molar-refractivity contribution in [1.82, 2.24) is 5.32 Å². The number of hydrogen-bond acceptors (Lipinski definition) is 4. The van der Waals surface area contributed by atoms with Gasteiger partial charge in [0.2, 0.25) is 17.7 Å². The van der Waals surface area contributed by atoms with Crippen molar-refractivity contribution in [2.24, 2.45) is 11.8 Å². The summed E-state index contributed by atoms with van der Waals surface area (Å²) in [6, 6.07) is 12.8. The summed E-state index contributed by atoms with van der Waals surface area (Å²) in [5, 5.41) is 6.07. The second-order valence-corrected chi connectivity index (χ2v) is 8.18. The lowest BCUT2D eigenvalue weighted by Gasteiger charge is -2.28. The molecule has 2 N–H and O–H groups in total. The minimum absolute atomic E-state index is 0.255. The van der Waals surface area contributed by atoms with Gasteiger partial charge in [-0.3, -0.25) is 19.7 Å². The first-order valence-electron chi connectivity index (χ1n) is 8.74. The van der Waals surface area contributed by atoms with Gasteiger partial charge in [-0.25, -0.2) is 4.90 Å². The monoisotopic (exact) mass is 425 g/mol. The Bertz CT molecular complexity index is 1020. The highest BCUT2D eigenvalue weighted by atomic mass is 79.9. The number of benzene rings is 2. The number of amides is 3. The highest BCUT2D eigenvalue weighted by Gasteiger charge is 2.67. The number of nitrogens with one attached hydrogen (secondary N) is 2. The van der Waals surface area contributed by atoms with E-state index >= 15 is 0 Å². The molecular weight excluding hydrogens is 410 g/mol. The Morgan fingerprint density at radius 2 is 1.81 bits per heavy atom. The number of carbonyl (C=O) groups is 3. The molecule has 2 saturated heterocycles. The number of fused-ring (bicyclic) bond motifs is 4. The van der Waals surface area contributed by atoms with E-state index in [0.29, 0.717) is 16.9 Å². The van der Waals surface area contributed by atoms with Crippen LogP contribution in [0.1, 0.15) is 11.1 Å². The number of imide groups is 1. The molecule has 3 atom stereocenters. The number of anilines is 2. The van der Waals surface area contributed by atoms with E-state index in [2.05, 4.69) is 26.6 Å². The van der Waals surface area contributed by atoms with Crippen LogP contribution in [0.3, 0.4) is 0 Å². The largest absolute Gasteiger partial charge is 0.324 e. The molecule has 27 heavy (non-hydrogen) atoms. The first-order chi connectivity index (χ1) is 12.9. The molecule has 0 bridgehead atoms. The van der Waals surface area contributed by atoms with Crippen LogP contribution in [-0.2, 0) is 19.9 Å². The van der Waals surface area contributed by atoms with Gasteiger partial charge in [0.25, 0.3) is 0 Å². The van der Waals surface area contributed by atoms with E-state index in [-0.39, 0.29) is 24.3 Å². The topological polar surface area (TPSA) is 78.5 Å². The zero-order chi connectivity index (χ0) is 18.9. The van der Waals surface area contributed by atoms with E-state index in [1.54, 1.807) is 18.2 Å². The second kappa shape index (κ2) is 5.50. The lowest BCUT2D eigenvalue weighted by atomic mass is 9.77. The summed E-state index contributed by atoms with van der Waals surface area (Å²) < 4.78 is 0.814. The van der Waals surface area contributed by atoms with Crippen LogP contribution in [0.2, 0.25) is 0 Å². The van der Waals surface area contributed by atoms with E-state index in [4.69, 9.17) is 0 Å². The van der Waals surface area contributed by atoms with Gasteiger partial charge in [0.1, 0.15) is 5.54 Å². The Balaban J connectivity index is 1.63. The molecule has 0 aliphatic carbocycles. The van der Waals surface area contributed by atoms with Gasteiger partial charge in [0.05, 0.1) is 17.5 Å². The highest BCUT2D eigenvalue weighted by Crippen LogP contribution is 2.51. The average Bonchev–Trinajstić information content (AvgIpc) is 3.25. The summed E-state index contributed by atoms with van der Waals surface area (Å²) in [7, 11) is 0. The summed E-state index contributed by atoms with van der Waals surface area (Å²) in [5.74, 6) is -2.19. The quantitative estimate of drug-likeness (QED) is 0.687. The van der Waals surface area contributed by atoms with E-state index < -0.39 is 17.4 Å². The number of halogens is 1. The lowest BCUT2D eigenvalue weighted by Crippen LogP contribution is -2.51. The third-order valence-electron chi connectivity index (χ3n) is 5.80. The van der Waals surface area contributed by atoms with Gasteiger partial charge in [0.15, 0.2) is 0 Å². The van der Waals surface area contributed by atoms with E-state index in [0.717, 1.165) is 10.0 Å². The molecule has 0 unspecified atom stereocenters. The van der Waals surface area contributed by atoms with Crippen LogP contribution in [0.15, 0.2) is 46.9 Å². The number of rotatable bonds is 1. The first-order valence-corrected chi connectivity index (χ1v) is 9.54. The minimum Gasteiger partial charge on any atom is -0.324 e. The van der Waals surface area contributed by atoms with E-state index in [1.807, 2.05) is 31.2 Å². The molecule has 2 aromatic rings. The Labute approximate surface area is 164 Å². The normalized spacial score (nSPS) is 28.7. The molecule has 0 saturated carbocycles. The van der Waals surface area contributed by atoms with Crippen molar-refractivity contribution >= 4 is 45.0 Å². The maximum absolute atomic E-state index is 13.4. The van der Waals surface area contributed by atoms with Crippen LogP contribution in [0.25, 0.3) is 0 Å². The minimum atomic E-state index is -1.21. The summed E-state index contributed by atoms with van der Waals surface area (Å²) in [6.07, 6.45) is 0. The summed E-state index contributed by atoms with van der Waals surface area (Å²) >= 11 is 3.44. The van der Waals surface area contributed by atoms with E-state index in [9.17, 15) is 14.4 Å². The van der Waals surface area contributed by atoms with Gasteiger partial charge < -0.3 is 5.32 Å². The Morgan fingerprint density at radius 1 is 1.07 bits per heavy atom. The van der Waals surface area contributed by atoms with Gasteiger partial charge in [-0.1, -0.05) is 33.6 Å². The molecule has 0 radical (unpaired) electrons. The second-order valence-electron chi connectivity index (χ2n) is 7.26. The van der Waals surface area contributed by atoms with Gasteiger partial charge in [-0.15, -0.1) is 0 Å². The number of hydrogen-bond donors (Lipinski definition) is 2. The summed E-state index contributed by atoms with van der Waals surface area (Å²) in [5.41, 5.74) is 1.76.